The number of nitrogens with two attached hydrogens (primary N) is 1. The molecule has 3 nitrogen and oxygen atoms in total. The number of halogens is 1. The molecule has 0 bridgehead atoms. The van der Waals surface area contributed by atoms with Gasteiger partial charge in [-0.3, -0.25) is 0 Å². The fourth-order valence-electron chi connectivity index (χ4n) is 1.63. The zero-order valence-electron chi connectivity index (χ0n) is 8.46. The maximum Gasteiger partial charge on any atom is 0.231 e. The van der Waals surface area contributed by atoms with E-state index in [0.29, 0.717) is 10.8 Å². The molecular formula is C11H14ClNO2. The summed E-state index contributed by atoms with van der Waals surface area (Å²) >= 11 is 6.20. The smallest absolute Gasteiger partial charge is 0.231 e. The molecule has 1 aromatic rings. The van der Waals surface area contributed by atoms with Gasteiger partial charge in [0.15, 0.2) is 11.5 Å². The minimum atomic E-state index is 0.265. The topological polar surface area (TPSA) is 44.5 Å². The van der Waals surface area contributed by atoms with Crippen LogP contribution in [0.25, 0.3) is 0 Å². The van der Waals surface area contributed by atoms with E-state index in [-0.39, 0.29) is 6.79 Å². The van der Waals surface area contributed by atoms with Crippen molar-refractivity contribution >= 4 is 11.6 Å². The summed E-state index contributed by atoms with van der Waals surface area (Å²) in [6, 6.07) is 3.90. The predicted octanol–water partition coefficient (Wildman–Crippen LogP) is 2.35. The van der Waals surface area contributed by atoms with E-state index in [1.807, 2.05) is 12.1 Å². The van der Waals surface area contributed by atoms with Gasteiger partial charge in [-0.1, -0.05) is 17.7 Å². The lowest BCUT2D eigenvalue weighted by atomic mass is 10.1. The van der Waals surface area contributed by atoms with Gasteiger partial charge >= 0.3 is 0 Å². The SMILES string of the molecule is NCCCCc1ccc2c(c1Cl)OCO2. The molecule has 1 heterocycles. The Labute approximate surface area is 94.1 Å². The highest BCUT2D eigenvalue weighted by Gasteiger charge is 2.18. The zero-order valence-corrected chi connectivity index (χ0v) is 9.22. The van der Waals surface area contributed by atoms with Crippen molar-refractivity contribution in [2.24, 2.45) is 5.73 Å². The molecule has 0 radical (unpaired) electrons. The van der Waals surface area contributed by atoms with E-state index in [2.05, 4.69) is 0 Å². The van der Waals surface area contributed by atoms with E-state index in [4.69, 9.17) is 26.8 Å². The fourth-order valence-corrected chi connectivity index (χ4v) is 1.94. The lowest BCUT2D eigenvalue weighted by Crippen LogP contribution is -1.99. The molecule has 0 atom stereocenters. The molecule has 82 valence electrons. The maximum absolute atomic E-state index is 6.20. The third-order valence-electron chi connectivity index (χ3n) is 2.46. The normalized spacial score (nSPS) is 13.2. The van der Waals surface area contributed by atoms with Crippen LogP contribution in [0.4, 0.5) is 0 Å². The zero-order chi connectivity index (χ0) is 10.7. The Morgan fingerprint density at radius 2 is 2.13 bits per heavy atom. The van der Waals surface area contributed by atoms with Gasteiger partial charge in [0.1, 0.15) is 0 Å². The van der Waals surface area contributed by atoms with Crippen LogP contribution >= 0.6 is 11.6 Å². The molecule has 2 N–H and O–H groups in total. The van der Waals surface area contributed by atoms with Crippen LogP contribution in [0.5, 0.6) is 11.5 Å². The van der Waals surface area contributed by atoms with Gasteiger partial charge in [-0.05, 0) is 37.4 Å². The van der Waals surface area contributed by atoms with Gasteiger partial charge in [-0.2, -0.15) is 0 Å². The van der Waals surface area contributed by atoms with Crippen LogP contribution in [0.1, 0.15) is 18.4 Å². The molecule has 0 fully saturated rings. The van der Waals surface area contributed by atoms with Crippen LogP contribution in [0.15, 0.2) is 12.1 Å². The number of rotatable bonds is 4. The Bertz CT molecular complexity index is 355. The van der Waals surface area contributed by atoms with Gasteiger partial charge in [0.2, 0.25) is 6.79 Å². The number of hydrogen-bond donors (Lipinski definition) is 1. The highest BCUT2D eigenvalue weighted by atomic mass is 35.5. The summed E-state index contributed by atoms with van der Waals surface area (Å²) in [5.74, 6) is 1.42. The summed E-state index contributed by atoms with van der Waals surface area (Å²) in [4.78, 5) is 0. The number of hydrogen-bond acceptors (Lipinski definition) is 3. The average molecular weight is 228 g/mol. The molecule has 1 aliphatic heterocycles. The largest absolute Gasteiger partial charge is 0.454 e. The van der Waals surface area contributed by atoms with E-state index < -0.39 is 0 Å². The summed E-state index contributed by atoms with van der Waals surface area (Å²) in [6.45, 7) is 0.990. The van der Waals surface area contributed by atoms with Crippen molar-refractivity contribution in [2.75, 3.05) is 13.3 Å². The molecule has 0 unspecified atom stereocenters. The van der Waals surface area contributed by atoms with Crippen LogP contribution in [0.2, 0.25) is 5.02 Å². The molecule has 0 aliphatic carbocycles. The summed E-state index contributed by atoms with van der Waals surface area (Å²) in [5, 5.41) is 0.682. The number of benzene rings is 1. The quantitative estimate of drug-likeness (QED) is 0.804. The van der Waals surface area contributed by atoms with Gasteiger partial charge in [-0.25, -0.2) is 0 Å². The van der Waals surface area contributed by atoms with Gasteiger partial charge in [0.25, 0.3) is 0 Å². The number of unbranched alkanes of at least 4 members (excludes halogenated alkanes) is 1. The minimum absolute atomic E-state index is 0.265. The first-order chi connectivity index (χ1) is 7.33. The van der Waals surface area contributed by atoms with E-state index in [0.717, 1.165) is 37.1 Å². The highest BCUT2D eigenvalue weighted by Crippen LogP contribution is 2.41. The monoisotopic (exact) mass is 227 g/mol. The maximum atomic E-state index is 6.20. The Balaban J connectivity index is 2.12. The average Bonchev–Trinajstić information content (AvgIpc) is 2.70. The Hall–Kier alpha value is -0.930. The summed E-state index contributed by atoms with van der Waals surface area (Å²) in [5.41, 5.74) is 6.55. The van der Waals surface area contributed by atoms with Gasteiger partial charge in [0.05, 0.1) is 5.02 Å². The van der Waals surface area contributed by atoms with Gasteiger partial charge in [-0.15, -0.1) is 0 Å². The van der Waals surface area contributed by atoms with Crippen LogP contribution < -0.4 is 15.2 Å². The standard InChI is InChI=1S/C11H14ClNO2/c12-10-8(3-1-2-6-13)4-5-9-11(10)15-7-14-9/h4-5H,1-3,6-7,13H2. The minimum Gasteiger partial charge on any atom is -0.454 e. The van der Waals surface area contributed by atoms with Crippen molar-refractivity contribution in [3.63, 3.8) is 0 Å². The molecule has 0 saturated carbocycles. The van der Waals surface area contributed by atoms with Crippen molar-refractivity contribution in [1.82, 2.24) is 0 Å². The van der Waals surface area contributed by atoms with Crippen molar-refractivity contribution < 1.29 is 9.47 Å². The molecule has 0 saturated heterocycles. The fraction of sp³-hybridized carbons (Fsp3) is 0.455. The number of fused-ring (bicyclic) bond motifs is 1. The van der Waals surface area contributed by atoms with E-state index in [9.17, 15) is 0 Å². The highest BCUT2D eigenvalue weighted by molar-refractivity contribution is 6.33. The molecule has 15 heavy (non-hydrogen) atoms. The Morgan fingerprint density at radius 1 is 1.27 bits per heavy atom. The predicted molar refractivity (Wildman–Crippen MR) is 59.6 cm³/mol. The van der Waals surface area contributed by atoms with Crippen LogP contribution in [-0.4, -0.2) is 13.3 Å². The second-order valence-electron chi connectivity index (χ2n) is 3.52. The number of aryl methyl sites for hydroxylation is 1. The Kier molecular flexibility index (Phi) is 3.34. The lowest BCUT2D eigenvalue weighted by Gasteiger charge is -2.06. The second kappa shape index (κ2) is 4.73. The molecular weight excluding hydrogens is 214 g/mol. The van der Waals surface area contributed by atoms with Crippen molar-refractivity contribution in [2.45, 2.75) is 19.3 Å². The first-order valence-corrected chi connectivity index (χ1v) is 5.48. The van der Waals surface area contributed by atoms with E-state index >= 15 is 0 Å². The molecule has 0 spiro atoms. The summed E-state index contributed by atoms with van der Waals surface area (Å²) in [7, 11) is 0. The first kappa shape index (κ1) is 10.6. The number of ether oxygens (including phenoxy) is 2. The molecule has 2 rings (SSSR count). The van der Waals surface area contributed by atoms with Gasteiger partial charge in [0, 0.05) is 0 Å². The van der Waals surface area contributed by atoms with E-state index in [1.165, 1.54) is 0 Å². The van der Waals surface area contributed by atoms with Crippen LogP contribution in [0.3, 0.4) is 0 Å². The van der Waals surface area contributed by atoms with Gasteiger partial charge < -0.3 is 15.2 Å². The molecule has 4 heteroatoms. The molecule has 0 aromatic heterocycles. The van der Waals surface area contributed by atoms with Crippen LogP contribution in [0, 0.1) is 0 Å². The van der Waals surface area contributed by atoms with Crippen molar-refractivity contribution in [3.05, 3.63) is 22.7 Å². The summed E-state index contributed by atoms with van der Waals surface area (Å²) < 4.78 is 10.5. The third-order valence-corrected chi connectivity index (χ3v) is 2.87. The Morgan fingerprint density at radius 3 is 2.93 bits per heavy atom. The van der Waals surface area contributed by atoms with Crippen LogP contribution in [-0.2, 0) is 6.42 Å². The van der Waals surface area contributed by atoms with Crippen molar-refractivity contribution in [1.29, 1.82) is 0 Å². The molecule has 1 aromatic carbocycles. The van der Waals surface area contributed by atoms with Crippen molar-refractivity contribution in [3.8, 4) is 11.5 Å². The van der Waals surface area contributed by atoms with E-state index in [1.54, 1.807) is 0 Å². The molecule has 0 amide bonds. The summed E-state index contributed by atoms with van der Waals surface area (Å²) in [6.07, 6.45) is 3.01. The molecule has 1 aliphatic rings. The lowest BCUT2D eigenvalue weighted by molar-refractivity contribution is 0.174. The first-order valence-electron chi connectivity index (χ1n) is 5.10. The third kappa shape index (κ3) is 2.19. The second-order valence-corrected chi connectivity index (χ2v) is 3.90.